The fraction of sp³-hybridized carbons (Fsp3) is 0.581. The molecule has 5 rings (SSSR count). The summed E-state index contributed by atoms with van der Waals surface area (Å²) < 4.78 is 11.6. The van der Waals surface area contributed by atoms with Crippen LogP contribution in [0.4, 0.5) is 4.79 Å². The van der Waals surface area contributed by atoms with Gasteiger partial charge in [0, 0.05) is 60.8 Å². The summed E-state index contributed by atoms with van der Waals surface area (Å²) >= 11 is 12.6. The number of ether oxygens (including phenoxy) is 2. The highest BCUT2D eigenvalue weighted by molar-refractivity contribution is 6.35. The highest BCUT2D eigenvalue weighted by Crippen LogP contribution is 2.37. The minimum Gasteiger partial charge on any atom is -0.490 e. The Hall–Kier alpha value is -2.59. The lowest BCUT2D eigenvalue weighted by Crippen LogP contribution is -2.69. The van der Waals surface area contributed by atoms with Crippen LogP contribution in [0, 0.1) is 5.41 Å². The normalized spacial score (nSPS) is 19.7. The first-order valence-corrected chi connectivity index (χ1v) is 15.5. The zero-order valence-corrected chi connectivity index (χ0v) is 26.2. The van der Waals surface area contributed by atoms with Gasteiger partial charge in [-0.2, -0.15) is 0 Å². The maximum absolute atomic E-state index is 13.9. The van der Waals surface area contributed by atoms with Crippen LogP contribution in [-0.4, -0.2) is 104 Å². The van der Waals surface area contributed by atoms with Crippen LogP contribution in [0.3, 0.4) is 0 Å². The van der Waals surface area contributed by atoms with Crippen LogP contribution >= 0.6 is 23.2 Å². The standard InChI is InChI=1S/C31H41Cl2N5O4/c1-4-24(36(2)3)16-42-27-6-5-11-34-28(27)21-9-12-37(13-10-21)29(39)26(14-22-7-8-23(32)15-25(22)33)35-30(40)38-17-31(18-38)19-41-20-31/h5-8,11,15,21,24,26H,4,9-10,12-14,16-20H2,1-3H3,(H,35,40)/t24-,26-/m1/s1. The molecule has 1 aromatic heterocycles. The number of hydrogen-bond acceptors (Lipinski definition) is 6. The van der Waals surface area contributed by atoms with Gasteiger partial charge in [-0.25, -0.2) is 4.79 Å². The number of carbonyl (C=O) groups is 2. The number of pyridine rings is 1. The number of benzene rings is 1. The van der Waals surface area contributed by atoms with Crippen LogP contribution < -0.4 is 10.1 Å². The van der Waals surface area contributed by atoms with Crippen molar-refractivity contribution in [2.24, 2.45) is 5.41 Å². The van der Waals surface area contributed by atoms with E-state index in [9.17, 15) is 9.59 Å². The predicted octanol–water partition coefficient (Wildman–Crippen LogP) is 4.47. The summed E-state index contributed by atoms with van der Waals surface area (Å²) in [7, 11) is 4.13. The summed E-state index contributed by atoms with van der Waals surface area (Å²) in [5.74, 6) is 0.893. The Kier molecular flexibility index (Phi) is 9.82. The van der Waals surface area contributed by atoms with E-state index in [1.54, 1.807) is 23.2 Å². The van der Waals surface area contributed by atoms with Gasteiger partial charge in [0.1, 0.15) is 18.4 Å². The fourth-order valence-electron chi connectivity index (χ4n) is 6.07. The van der Waals surface area contributed by atoms with E-state index in [1.807, 2.05) is 23.1 Å². The number of rotatable bonds is 10. The molecule has 9 nitrogen and oxygen atoms in total. The molecule has 11 heteroatoms. The summed E-state index contributed by atoms with van der Waals surface area (Å²) in [6, 6.07) is 8.47. The first kappa shape index (κ1) is 30.9. The van der Waals surface area contributed by atoms with Gasteiger partial charge < -0.3 is 29.5 Å². The number of carbonyl (C=O) groups excluding carboxylic acids is 2. The number of likely N-dealkylation sites (N-methyl/N-ethyl adjacent to an activating group) is 1. The van der Waals surface area contributed by atoms with Crippen molar-refractivity contribution in [2.75, 3.05) is 60.1 Å². The van der Waals surface area contributed by atoms with Crippen LogP contribution in [0.5, 0.6) is 5.75 Å². The zero-order chi connectivity index (χ0) is 29.9. The fourth-order valence-corrected chi connectivity index (χ4v) is 6.56. The van der Waals surface area contributed by atoms with Gasteiger partial charge >= 0.3 is 6.03 Å². The Bertz CT molecular complexity index is 1260. The van der Waals surface area contributed by atoms with Crippen LogP contribution in [-0.2, 0) is 16.0 Å². The van der Waals surface area contributed by atoms with Gasteiger partial charge in [-0.05, 0) is 63.2 Å². The number of amides is 3. The van der Waals surface area contributed by atoms with Crippen LogP contribution in [0.15, 0.2) is 36.5 Å². The van der Waals surface area contributed by atoms with Gasteiger partial charge in [0.2, 0.25) is 5.91 Å². The third-order valence-corrected chi connectivity index (χ3v) is 9.40. The van der Waals surface area contributed by atoms with Gasteiger partial charge in [-0.15, -0.1) is 0 Å². The molecular formula is C31H41Cl2N5O4. The first-order valence-electron chi connectivity index (χ1n) is 14.8. The lowest BCUT2D eigenvalue weighted by molar-refractivity contribution is -0.175. The SMILES string of the molecule is CC[C@H](COc1cccnc1C1CCN(C(=O)[C@@H](Cc2ccc(Cl)cc2Cl)NC(=O)N2CC3(COC3)C2)CC1)N(C)C. The van der Waals surface area contributed by atoms with E-state index < -0.39 is 6.04 Å². The third kappa shape index (κ3) is 6.96. The molecule has 42 heavy (non-hydrogen) atoms. The Balaban J connectivity index is 1.23. The van der Waals surface area contributed by atoms with Crippen molar-refractivity contribution < 1.29 is 19.1 Å². The highest BCUT2D eigenvalue weighted by Gasteiger charge is 2.51. The Morgan fingerprint density at radius 2 is 1.90 bits per heavy atom. The first-order chi connectivity index (χ1) is 20.2. The van der Waals surface area contributed by atoms with Crippen LogP contribution in [0.25, 0.3) is 0 Å². The molecule has 3 aliphatic heterocycles. The molecule has 2 aromatic rings. The molecule has 4 heterocycles. The number of halogens is 2. The largest absolute Gasteiger partial charge is 0.490 e. The maximum atomic E-state index is 13.9. The molecule has 0 radical (unpaired) electrons. The predicted molar refractivity (Wildman–Crippen MR) is 163 cm³/mol. The summed E-state index contributed by atoms with van der Waals surface area (Å²) in [6.07, 6.45) is 4.61. The molecule has 0 bridgehead atoms. The second kappa shape index (κ2) is 13.4. The number of urea groups is 1. The van der Waals surface area contributed by atoms with E-state index >= 15 is 0 Å². The van der Waals surface area contributed by atoms with Crippen molar-refractivity contribution in [3.8, 4) is 5.75 Å². The average molecular weight is 619 g/mol. The van der Waals surface area contributed by atoms with E-state index in [4.69, 9.17) is 32.7 Å². The molecule has 3 saturated heterocycles. The van der Waals surface area contributed by atoms with Crippen molar-refractivity contribution in [3.63, 3.8) is 0 Å². The number of nitrogens with zero attached hydrogens (tertiary/aromatic N) is 4. The van der Waals surface area contributed by atoms with E-state index in [-0.39, 0.29) is 29.7 Å². The molecule has 1 spiro atoms. The van der Waals surface area contributed by atoms with Crippen molar-refractivity contribution in [1.82, 2.24) is 25.0 Å². The van der Waals surface area contributed by atoms with E-state index in [0.29, 0.717) is 62.1 Å². The second-order valence-electron chi connectivity index (χ2n) is 12.1. The zero-order valence-electron chi connectivity index (χ0n) is 24.7. The third-order valence-electron chi connectivity index (χ3n) is 8.82. The van der Waals surface area contributed by atoms with Gasteiger partial charge in [0.05, 0.1) is 24.3 Å². The number of aromatic nitrogens is 1. The molecule has 228 valence electrons. The van der Waals surface area contributed by atoms with Crippen LogP contribution in [0.1, 0.15) is 43.4 Å². The second-order valence-corrected chi connectivity index (χ2v) is 13.0. The topological polar surface area (TPSA) is 87.2 Å². The molecule has 3 aliphatic rings. The molecule has 2 atom stereocenters. The summed E-state index contributed by atoms with van der Waals surface area (Å²) in [4.78, 5) is 37.5. The molecule has 3 amide bonds. The van der Waals surface area contributed by atoms with Crippen molar-refractivity contribution in [1.29, 1.82) is 0 Å². The van der Waals surface area contributed by atoms with Gasteiger partial charge in [-0.1, -0.05) is 36.2 Å². The smallest absolute Gasteiger partial charge is 0.318 e. The van der Waals surface area contributed by atoms with E-state index in [2.05, 4.69) is 36.2 Å². The van der Waals surface area contributed by atoms with E-state index in [1.165, 1.54) is 0 Å². The number of piperidine rings is 1. The molecule has 0 aliphatic carbocycles. The minimum atomic E-state index is -0.743. The Morgan fingerprint density at radius 1 is 1.17 bits per heavy atom. The molecule has 3 fully saturated rings. The lowest BCUT2D eigenvalue weighted by atomic mass is 9.78. The summed E-state index contributed by atoms with van der Waals surface area (Å²) in [5, 5.41) is 4.01. The summed E-state index contributed by atoms with van der Waals surface area (Å²) in [6.45, 7) is 6.56. The van der Waals surface area contributed by atoms with Crippen molar-refractivity contribution >= 4 is 35.1 Å². The van der Waals surface area contributed by atoms with Gasteiger partial charge in [0.15, 0.2) is 0 Å². The van der Waals surface area contributed by atoms with Crippen molar-refractivity contribution in [2.45, 2.75) is 50.6 Å². The Morgan fingerprint density at radius 3 is 2.52 bits per heavy atom. The molecular weight excluding hydrogens is 577 g/mol. The number of likely N-dealkylation sites (tertiary alicyclic amines) is 2. The average Bonchev–Trinajstić information content (AvgIpc) is 2.92. The van der Waals surface area contributed by atoms with Crippen molar-refractivity contribution in [3.05, 3.63) is 57.8 Å². The minimum absolute atomic E-state index is 0.0934. The van der Waals surface area contributed by atoms with Gasteiger partial charge in [0.25, 0.3) is 0 Å². The Labute approximate surface area is 258 Å². The highest BCUT2D eigenvalue weighted by atomic mass is 35.5. The number of hydrogen-bond donors (Lipinski definition) is 1. The quantitative estimate of drug-likeness (QED) is 0.423. The van der Waals surface area contributed by atoms with Gasteiger partial charge in [-0.3, -0.25) is 9.78 Å². The molecule has 0 unspecified atom stereocenters. The maximum Gasteiger partial charge on any atom is 0.318 e. The lowest BCUT2D eigenvalue weighted by Gasteiger charge is -2.54. The van der Waals surface area contributed by atoms with Crippen LogP contribution in [0.2, 0.25) is 10.0 Å². The van der Waals surface area contributed by atoms with E-state index in [0.717, 1.165) is 36.3 Å². The summed E-state index contributed by atoms with van der Waals surface area (Å²) in [5.41, 5.74) is 1.80. The number of nitrogens with one attached hydrogen (secondary N) is 1. The molecule has 1 N–H and O–H groups in total. The molecule has 0 saturated carbocycles. The molecule has 1 aromatic carbocycles. The monoisotopic (exact) mass is 617 g/mol.